The fraction of sp³-hybridized carbons (Fsp3) is 0.417. The molecular formula is C24H27N5O3. The fourth-order valence-corrected chi connectivity index (χ4v) is 5.08. The quantitative estimate of drug-likeness (QED) is 0.677. The Kier molecular flexibility index (Phi) is 5.07. The van der Waals surface area contributed by atoms with Crippen molar-refractivity contribution in [3.05, 3.63) is 66.1 Å². The van der Waals surface area contributed by atoms with E-state index in [4.69, 9.17) is 4.74 Å². The van der Waals surface area contributed by atoms with E-state index in [1.54, 1.807) is 29.2 Å². The lowest BCUT2D eigenvalue weighted by Gasteiger charge is -2.38. The van der Waals surface area contributed by atoms with Crippen molar-refractivity contribution < 1.29 is 14.3 Å². The number of aromatic nitrogens is 3. The van der Waals surface area contributed by atoms with Crippen LogP contribution in [0.4, 0.5) is 4.79 Å². The van der Waals surface area contributed by atoms with Crippen LogP contribution in [-0.4, -0.2) is 49.2 Å². The van der Waals surface area contributed by atoms with Crippen molar-refractivity contribution >= 4 is 17.6 Å². The van der Waals surface area contributed by atoms with Gasteiger partial charge in [-0.25, -0.2) is 14.3 Å². The summed E-state index contributed by atoms with van der Waals surface area (Å²) < 4.78 is 7.36. The Morgan fingerprint density at radius 1 is 1.12 bits per heavy atom. The molecule has 1 atom stereocenters. The van der Waals surface area contributed by atoms with Gasteiger partial charge in [-0.1, -0.05) is 30.3 Å². The number of nitrogens with zero attached hydrogens (tertiary/aromatic N) is 4. The van der Waals surface area contributed by atoms with Crippen LogP contribution in [0.2, 0.25) is 0 Å². The van der Waals surface area contributed by atoms with Crippen molar-refractivity contribution in [2.75, 3.05) is 0 Å². The molecule has 0 unspecified atom stereocenters. The first kappa shape index (κ1) is 20.5. The Morgan fingerprint density at radius 2 is 1.88 bits per heavy atom. The normalized spacial score (nSPS) is 25.0. The van der Waals surface area contributed by atoms with E-state index in [0.717, 1.165) is 31.2 Å². The highest BCUT2D eigenvalue weighted by atomic mass is 16.6. The molecule has 2 aromatic heterocycles. The van der Waals surface area contributed by atoms with Crippen LogP contribution in [0.3, 0.4) is 0 Å². The number of hydrogen-bond acceptors (Lipinski definition) is 5. The van der Waals surface area contributed by atoms with Gasteiger partial charge in [0, 0.05) is 24.5 Å². The van der Waals surface area contributed by atoms with Gasteiger partial charge in [-0.3, -0.25) is 9.69 Å². The number of rotatable bonds is 4. The standard InChI is InChI=1S/C24H27N5O3/c1-24(2)20(16-7-4-3-5-8-16)29(23(31)32-24)18-11-9-17(10-12-18)27-22(30)19-15-26-28-14-6-13-25-21(19)28/h3-8,13-15,17-18,20H,9-12H2,1-2H3,(H,27,30)/t17?,18?,20-/m0/s1. The summed E-state index contributed by atoms with van der Waals surface area (Å²) in [6, 6.07) is 11.9. The first-order chi connectivity index (χ1) is 15.4. The molecule has 1 aromatic carbocycles. The molecule has 1 aliphatic heterocycles. The van der Waals surface area contributed by atoms with Gasteiger partial charge < -0.3 is 10.1 Å². The number of cyclic esters (lactones) is 1. The zero-order chi connectivity index (χ0) is 22.3. The second-order valence-electron chi connectivity index (χ2n) is 9.12. The summed E-state index contributed by atoms with van der Waals surface area (Å²) in [6.07, 6.45) is 7.94. The summed E-state index contributed by atoms with van der Waals surface area (Å²) in [5.41, 5.74) is 1.51. The Labute approximate surface area is 186 Å². The Balaban J connectivity index is 1.27. The van der Waals surface area contributed by atoms with Gasteiger partial charge in [0.05, 0.1) is 12.2 Å². The minimum atomic E-state index is -0.597. The summed E-state index contributed by atoms with van der Waals surface area (Å²) in [6.45, 7) is 3.94. The van der Waals surface area contributed by atoms with Gasteiger partial charge in [0.25, 0.3) is 5.91 Å². The van der Waals surface area contributed by atoms with Crippen LogP contribution < -0.4 is 5.32 Å². The topological polar surface area (TPSA) is 88.8 Å². The Bertz CT molecular complexity index is 1130. The van der Waals surface area contributed by atoms with Crippen molar-refractivity contribution in [2.24, 2.45) is 0 Å². The molecular weight excluding hydrogens is 406 g/mol. The van der Waals surface area contributed by atoms with E-state index in [2.05, 4.69) is 27.5 Å². The number of nitrogens with one attached hydrogen (secondary N) is 1. The van der Waals surface area contributed by atoms with Crippen LogP contribution in [0.1, 0.15) is 61.5 Å². The van der Waals surface area contributed by atoms with E-state index in [9.17, 15) is 9.59 Å². The first-order valence-corrected chi connectivity index (χ1v) is 11.1. The molecule has 8 nitrogen and oxygen atoms in total. The number of carbonyl (C=O) groups is 2. The highest BCUT2D eigenvalue weighted by Crippen LogP contribution is 2.44. The van der Waals surface area contributed by atoms with Crippen LogP contribution >= 0.6 is 0 Å². The first-order valence-electron chi connectivity index (χ1n) is 11.1. The Hall–Kier alpha value is -3.42. The molecule has 2 fully saturated rings. The third-order valence-electron chi connectivity index (χ3n) is 6.56. The molecule has 0 radical (unpaired) electrons. The van der Waals surface area contributed by atoms with Crippen LogP contribution in [0.25, 0.3) is 5.65 Å². The number of ether oxygens (including phenoxy) is 1. The van der Waals surface area contributed by atoms with Gasteiger partial charge in [-0.15, -0.1) is 0 Å². The molecule has 1 saturated heterocycles. The average molecular weight is 434 g/mol. The fourth-order valence-electron chi connectivity index (χ4n) is 5.08. The molecule has 5 rings (SSSR count). The lowest BCUT2D eigenvalue weighted by molar-refractivity contribution is 0.0663. The summed E-state index contributed by atoms with van der Waals surface area (Å²) in [7, 11) is 0. The van der Waals surface area contributed by atoms with Crippen molar-refractivity contribution in [1.29, 1.82) is 0 Å². The molecule has 2 aliphatic rings. The van der Waals surface area contributed by atoms with Crippen LogP contribution in [-0.2, 0) is 4.74 Å². The van der Waals surface area contributed by atoms with E-state index in [-0.39, 0.29) is 30.1 Å². The van der Waals surface area contributed by atoms with Gasteiger partial charge in [0.2, 0.25) is 0 Å². The molecule has 2 amide bonds. The lowest BCUT2D eigenvalue weighted by Crippen LogP contribution is -2.46. The summed E-state index contributed by atoms with van der Waals surface area (Å²) in [5, 5.41) is 7.32. The Morgan fingerprint density at radius 3 is 2.62 bits per heavy atom. The monoisotopic (exact) mass is 433 g/mol. The van der Waals surface area contributed by atoms with Crippen molar-refractivity contribution in [2.45, 2.75) is 63.3 Å². The molecule has 1 N–H and O–H groups in total. The molecule has 0 bridgehead atoms. The maximum atomic E-state index is 12.8. The molecule has 1 aliphatic carbocycles. The summed E-state index contributed by atoms with van der Waals surface area (Å²) in [5.74, 6) is -0.161. The molecule has 32 heavy (non-hydrogen) atoms. The van der Waals surface area contributed by atoms with Gasteiger partial charge in [0.1, 0.15) is 11.2 Å². The maximum Gasteiger partial charge on any atom is 0.411 e. The average Bonchev–Trinajstić information content (AvgIpc) is 3.32. The number of hydrogen-bond donors (Lipinski definition) is 1. The number of amides is 2. The van der Waals surface area contributed by atoms with Crippen LogP contribution in [0, 0.1) is 0 Å². The smallest absolute Gasteiger partial charge is 0.411 e. The predicted molar refractivity (Wildman–Crippen MR) is 118 cm³/mol. The highest BCUT2D eigenvalue weighted by molar-refractivity contribution is 5.99. The largest absolute Gasteiger partial charge is 0.441 e. The highest BCUT2D eigenvalue weighted by Gasteiger charge is 2.51. The molecule has 166 valence electrons. The van der Waals surface area contributed by atoms with E-state index in [1.165, 1.54) is 0 Å². The molecule has 3 heterocycles. The predicted octanol–water partition coefficient (Wildman–Crippen LogP) is 3.74. The van der Waals surface area contributed by atoms with E-state index in [1.807, 2.05) is 36.9 Å². The molecule has 3 aromatic rings. The van der Waals surface area contributed by atoms with E-state index >= 15 is 0 Å². The van der Waals surface area contributed by atoms with Crippen molar-refractivity contribution in [1.82, 2.24) is 24.8 Å². The van der Waals surface area contributed by atoms with Crippen LogP contribution in [0.5, 0.6) is 0 Å². The summed E-state index contributed by atoms with van der Waals surface area (Å²) >= 11 is 0. The maximum absolute atomic E-state index is 12.8. The lowest BCUT2D eigenvalue weighted by atomic mass is 9.86. The van der Waals surface area contributed by atoms with E-state index < -0.39 is 5.60 Å². The molecule has 1 saturated carbocycles. The molecule has 8 heteroatoms. The minimum Gasteiger partial charge on any atom is -0.441 e. The second kappa shape index (κ2) is 7.93. The van der Waals surface area contributed by atoms with Gasteiger partial charge in [-0.05, 0) is 51.2 Å². The SMILES string of the molecule is CC1(C)OC(=O)N(C2CCC(NC(=O)c3cnn4cccnc34)CC2)[C@H]1c1ccccc1. The number of carbonyl (C=O) groups excluding carboxylic acids is 2. The second-order valence-corrected chi connectivity index (χ2v) is 9.12. The summed E-state index contributed by atoms with van der Waals surface area (Å²) in [4.78, 5) is 31.8. The van der Waals surface area contributed by atoms with Gasteiger partial charge in [0.15, 0.2) is 5.65 Å². The van der Waals surface area contributed by atoms with E-state index in [0.29, 0.717) is 11.2 Å². The number of benzene rings is 1. The zero-order valence-corrected chi connectivity index (χ0v) is 18.3. The van der Waals surface area contributed by atoms with Gasteiger partial charge >= 0.3 is 6.09 Å². The third kappa shape index (κ3) is 3.59. The van der Waals surface area contributed by atoms with Gasteiger partial charge in [-0.2, -0.15) is 5.10 Å². The van der Waals surface area contributed by atoms with Crippen LogP contribution in [0.15, 0.2) is 55.0 Å². The van der Waals surface area contributed by atoms with Crippen molar-refractivity contribution in [3.63, 3.8) is 0 Å². The van der Waals surface area contributed by atoms with Crippen molar-refractivity contribution in [3.8, 4) is 0 Å². The number of fused-ring (bicyclic) bond motifs is 1. The minimum absolute atomic E-state index is 0.0548. The molecule has 0 spiro atoms. The zero-order valence-electron chi connectivity index (χ0n) is 18.3. The third-order valence-corrected chi connectivity index (χ3v) is 6.56.